The lowest BCUT2D eigenvalue weighted by molar-refractivity contribution is 0.0731. The molecule has 0 aliphatic carbocycles. The molecule has 0 fully saturated rings. The molecule has 0 spiro atoms. The number of hydrogen-bond acceptors (Lipinski definition) is 5. The molecule has 0 bridgehead atoms. The molecular formula is C18H20O5. The molecule has 0 aromatic heterocycles. The topological polar surface area (TPSA) is 87.0 Å². The zero-order valence-electron chi connectivity index (χ0n) is 13.5. The highest BCUT2D eigenvalue weighted by Crippen LogP contribution is 2.36. The van der Waals surface area contributed by atoms with Crippen molar-refractivity contribution in [2.24, 2.45) is 0 Å². The molecule has 2 rings (SSSR count). The van der Waals surface area contributed by atoms with Crippen LogP contribution < -0.4 is 4.74 Å². The van der Waals surface area contributed by atoms with Crippen molar-refractivity contribution in [1.82, 2.24) is 0 Å². The number of carbonyl (C=O) groups is 1. The van der Waals surface area contributed by atoms with Crippen molar-refractivity contribution in [2.45, 2.75) is 33.1 Å². The molecule has 0 aliphatic rings. The van der Waals surface area contributed by atoms with Crippen LogP contribution in [0.15, 0.2) is 30.3 Å². The Labute approximate surface area is 134 Å². The number of aromatic hydroxyl groups is 3. The van der Waals surface area contributed by atoms with Crippen LogP contribution >= 0.6 is 0 Å². The lowest BCUT2D eigenvalue weighted by Gasteiger charge is -2.22. The summed E-state index contributed by atoms with van der Waals surface area (Å²) in [6.45, 7) is 7.91. The summed E-state index contributed by atoms with van der Waals surface area (Å²) in [6.07, 6.45) is 0. The molecule has 0 unspecified atom stereocenters. The largest absolute Gasteiger partial charge is 0.504 e. The Morgan fingerprint density at radius 2 is 1.57 bits per heavy atom. The van der Waals surface area contributed by atoms with E-state index in [0.29, 0.717) is 5.75 Å². The number of aryl methyl sites for hydroxylation is 1. The highest BCUT2D eigenvalue weighted by atomic mass is 16.5. The number of ether oxygens (including phenoxy) is 1. The first-order chi connectivity index (χ1) is 10.6. The minimum Gasteiger partial charge on any atom is -0.504 e. The van der Waals surface area contributed by atoms with Crippen molar-refractivity contribution in [3.8, 4) is 23.0 Å². The van der Waals surface area contributed by atoms with Gasteiger partial charge in [-0.2, -0.15) is 0 Å². The number of phenolic OH excluding ortho intramolecular Hbond substituents is 3. The maximum absolute atomic E-state index is 12.3. The molecule has 5 heteroatoms. The van der Waals surface area contributed by atoms with Crippen LogP contribution in [0.25, 0.3) is 0 Å². The van der Waals surface area contributed by atoms with Gasteiger partial charge >= 0.3 is 5.97 Å². The number of esters is 1. The van der Waals surface area contributed by atoms with E-state index in [-0.39, 0.29) is 11.0 Å². The Hall–Kier alpha value is -2.69. The molecule has 23 heavy (non-hydrogen) atoms. The van der Waals surface area contributed by atoms with E-state index in [1.54, 1.807) is 6.07 Å². The van der Waals surface area contributed by atoms with E-state index in [2.05, 4.69) is 0 Å². The molecule has 0 amide bonds. The van der Waals surface area contributed by atoms with Crippen molar-refractivity contribution >= 4 is 5.97 Å². The Morgan fingerprint density at radius 1 is 1.00 bits per heavy atom. The quantitative estimate of drug-likeness (QED) is 0.447. The van der Waals surface area contributed by atoms with Gasteiger partial charge in [0, 0.05) is 5.56 Å². The summed E-state index contributed by atoms with van der Waals surface area (Å²) in [7, 11) is 0. The van der Waals surface area contributed by atoms with E-state index >= 15 is 0 Å². The van der Waals surface area contributed by atoms with E-state index in [1.807, 2.05) is 39.8 Å². The first kappa shape index (κ1) is 16.7. The van der Waals surface area contributed by atoms with Crippen LogP contribution in [0.1, 0.15) is 42.3 Å². The average molecular weight is 316 g/mol. The van der Waals surface area contributed by atoms with Crippen LogP contribution in [0.2, 0.25) is 0 Å². The minimum absolute atomic E-state index is 0.0563. The second-order valence-corrected chi connectivity index (χ2v) is 6.50. The predicted octanol–water partition coefficient (Wildman–Crippen LogP) is 3.63. The van der Waals surface area contributed by atoms with Gasteiger partial charge in [0.2, 0.25) is 0 Å². The number of benzene rings is 2. The summed E-state index contributed by atoms with van der Waals surface area (Å²) < 4.78 is 5.45. The van der Waals surface area contributed by atoms with E-state index in [4.69, 9.17) is 4.74 Å². The van der Waals surface area contributed by atoms with E-state index in [1.165, 1.54) is 0 Å². The number of carbonyl (C=O) groups excluding carboxylic acids is 1. The van der Waals surface area contributed by atoms with Crippen LogP contribution in [-0.2, 0) is 5.41 Å². The molecule has 0 heterocycles. The van der Waals surface area contributed by atoms with E-state index in [9.17, 15) is 20.1 Å². The third-order valence-corrected chi connectivity index (χ3v) is 3.45. The molecule has 3 N–H and O–H groups in total. The van der Waals surface area contributed by atoms with Crippen LogP contribution in [0, 0.1) is 6.92 Å². The molecule has 0 radical (unpaired) electrons. The Morgan fingerprint density at radius 3 is 2.09 bits per heavy atom. The molecule has 2 aromatic rings. The van der Waals surface area contributed by atoms with Gasteiger partial charge in [0.25, 0.3) is 0 Å². The summed E-state index contributed by atoms with van der Waals surface area (Å²) in [4.78, 5) is 12.3. The number of rotatable bonds is 2. The number of phenols is 3. The third kappa shape index (κ3) is 3.56. The second kappa shape index (κ2) is 5.83. The lowest BCUT2D eigenvalue weighted by Crippen LogP contribution is -2.16. The van der Waals surface area contributed by atoms with Crippen LogP contribution in [-0.4, -0.2) is 21.3 Å². The summed E-state index contributed by atoms with van der Waals surface area (Å²) in [5.41, 5.74) is 1.53. The van der Waals surface area contributed by atoms with Gasteiger partial charge in [0.05, 0.1) is 5.56 Å². The normalized spacial score (nSPS) is 11.3. The second-order valence-electron chi connectivity index (χ2n) is 6.50. The third-order valence-electron chi connectivity index (χ3n) is 3.45. The van der Waals surface area contributed by atoms with Gasteiger partial charge in [-0.1, -0.05) is 32.9 Å². The van der Waals surface area contributed by atoms with Crippen molar-refractivity contribution in [3.63, 3.8) is 0 Å². The van der Waals surface area contributed by atoms with Crippen molar-refractivity contribution < 1.29 is 24.9 Å². The molecule has 5 nitrogen and oxygen atoms in total. The van der Waals surface area contributed by atoms with Crippen LogP contribution in [0.4, 0.5) is 0 Å². The predicted molar refractivity (Wildman–Crippen MR) is 86.3 cm³/mol. The smallest absolute Gasteiger partial charge is 0.343 e. The summed E-state index contributed by atoms with van der Waals surface area (Å²) >= 11 is 0. The molecular weight excluding hydrogens is 296 g/mol. The lowest BCUT2D eigenvalue weighted by atomic mass is 9.86. The summed E-state index contributed by atoms with van der Waals surface area (Å²) in [5.74, 6) is -2.15. The monoisotopic (exact) mass is 316 g/mol. The summed E-state index contributed by atoms with van der Waals surface area (Å²) in [5, 5.41) is 28.3. The van der Waals surface area contributed by atoms with Gasteiger partial charge in [0.15, 0.2) is 17.2 Å². The Balaban J connectivity index is 2.40. The Kier molecular flexibility index (Phi) is 4.23. The van der Waals surface area contributed by atoms with Gasteiger partial charge < -0.3 is 20.1 Å². The zero-order chi connectivity index (χ0) is 17.4. The highest BCUT2D eigenvalue weighted by molar-refractivity contribution is 5.92. The molecule has 0 saturated heterocycles. The number of hydrogen-bond donors (Lipinski definition) is 3. The molecule has 122 valence electrons. The van der Waals surface area contributed by atoms with Gasteiger partial charge in [-0.3, -0.25) is 0 Å². The summed E-state index contributed by atoms with van der Waals surface area (Å²) in [6, 6.07) is 7.70. The first-order valence-corrected chi connectivity index (χ1v) is 7.18. The zero-order valence-corrected chi connectivity index (χ0v) is 13.5. The average Bonchev–Trinajstić information content (AvgIpc) is 2.42. The fraction of sp³-hybridized carbons (Fsp3) is 0.278. The van der Waals surface area contributed by atoms with Crippen LogP contribution in [0.5, 0.6) is 23.0 Å². The highest BCUT2D eigenvalue weighted by Gasteiger charge is 2.22. The van der Waals surface area contributed by atoms with E-state index in [0.717, 1.165) is 23.3 Å². The van der Waals surface area contributed by atoms with Crippen molar-refractivity contribution in [2.75, 3.05) is 0 Å². The Bertz CT molecular complexity index is 733. The SMILES string of the molecule is Cc1ccc(C(C)(C)C)c(OC(=O)c2cc(O)c(O)c(O)c2)c1. The fourth-order valence-electron chi connectivity index (χ4n) is 2.21. The fourth-order valence-corrected chi connectivity index (χ4v) is 2.21. The molecule has 0 aliphatic heterocycles. The first-order valence-electron chi connectivity index (χ1n) is 7.18. The van der Waals surface area contributed by atoms with Crippen molar-refractivity contribution in [1.29, 1.82) is 0 Å². The minimum atomic E-state index is -0.730. The standard InChI is InChI=1S/C18H20O5/c1-10-5-6-12(18(2,3)4)15(7-10)23-17(22)11-8-13(19)16(21)14(20)9-11/h5-9,19-21H,1-4H3. The molecule has 0 saturated carbocycles. The maximum Gasteiger partial charge on any atom is 0.343 e. The van der Waals surface area contributed by atoms with Gasteiger partial charge in [0.1, 0.15) is 5.75 Å². The van der Waals surface area contributed by atoms with Gasteiger partial charge in [-0.25, -0.2) is 4.79 Å². The molecule has 2 aromatic carbocycles. The van der Waals surface area contributed by atoms with Gasteiger partial charge in [-0.05, 0) is 36.1 Å². The van der Waals surface area contributed by atoms with Crippen molar-refractivity contribution in [3.05, 3.63) is 47.0 Å². The van der Waals surface area contributed by atoms with E-state index < -0.39 is 23.2 Å². The van der Waals surface area contributed by atoms with Crippen LogP contribution in [0.3, 0.4) is 0 Å². The van der Waals surface area contributed by atoms with Gasteiger partial charge in [-0.15, -0.1) is 0 Å². The molecule has 0 atom stereocenters. The maximum atomic E-state index is 12.3.